The van der Waals surface area contributed by atoms with Crippen molar-refractivity contribution in [3.63, 3.8) is 0 Å². The summed E-state index contributed by atoms with van der Waals surface area (Å²) in [6.45, 7) is 11.9. The topological polar surface area (TPSA) is 84.1 Å². The van der Waals surface area contributed by atoms with Crippen LogP contribution in [0.3, 0.4) is 0 Å². The molecule has 0 saturated heterocycles. The normalized spacial score (nSPS) is 12.6. The standard InChI is InChI=1S/C13H24N4O/c1-8-9(14)16-11(12(2,3)4)17-10(8)15-7-13(5,6)18/h18H,7H2,1-6H3,(H3,14,15,16,17). The Bertz CT molecular complexity index is 430. The summed E-state index contributed by atoms with van der Waals surface area (Å²) in [7, 11) is 0. The van der Waals surface area contributed by atoms with Gasteiger partial charge in [0.05, 0.1) is 5.60 Å². The van der Waals surface area contributed by atoms with Crippen LogP contribution in [0.4, 0.5) is 11.6 Å². The van der Waals surface area contributed by atoms with Crippen LogP contribution in [0, 0.1) is 6.92 Å². The molecule has 1 aromatic rings. The van der Waals surface area contributed by atoms with Crippen LogP contribution in [-0.4, -0.2) is 27.2 Å². The summed E-state index contributed by atoms with van der Waals surface area (Å²) in [5.41, 5.74) is 5.76. The number of nitrogens with zero attached hydrogens (tertiary/aromatic N) is 2. The van der Waals surface area contributed by atoms with E-state index in [0.717, 1.165) is 5.56 Å². The molecule has 0 aromatic carbocycles. The Morgan fingerprint density at radius 1 is 1.17 bits per heavy atom. The lowest BCUT2D eigenvalue weighted by molar-refractivity contribution is 0.0944. The zero-order chi connectivity index (χ0) is 14.1. The first-order valence-corrected chi connectivity index (χ1v) is 6.11. The SMILES string of the molecule is Cc1c(N)nc(C(C)(C)C)nc1NCC(C)(C)O. The number of aromatic nitrogens is 2. The molecule has 5 heteroatoms. The Kier molecular flexibility index (Phi) is 3.86. The van der Waals surface area contributed by atoms with Gasteiger partial charge >= 0.3 is 0 Å². The van der Waals surface area contributed by atoms with E-state index in [2.05, 4.69) is 15.3 Å². The molecule has 0 aliphatic rings. The lowest BCUT2D eigenvalue weighted by atomic mass is 9.95. The number of nitrogen functional groups attached to an aromatic ring is 1. The van der Waals surface area contributed by atoms with Crippen LogP contribution in [0.5, 0.6) is 0 Å². The van der Waals surface area contributed by atoms with Crippen LogP contribution in [0.15, 0.2) is 0 Å². The van der Waals surface area contributed by atoms with Crippen molar-refractivity contribution in [1.82, 2.24) is 9.97 Å². The predicted octanol–water partition coefficient (Wildman–Crippen LogP) is 1.85. The fraction of sp³-hybridized carbons (Fsp3) is 0.692. The Hall–Kier alpha value is -1.36. The molecule has 0 spiro atoms. The molecule has 0 radical (unpaired) electrons. The largest absolute Gasteiger partial charge is 0.389 e. The quantitative estimate of drug-likeness (QED) is 0.764. The average molecular weight is 252 g/mol. The number of hydrogen-bond acceptors (Lipinski definition) is 5. The molecule has 5 nitrogen and oxygen atoms in total. The van der Waals surface area contributed by atoms with E-state index in [-0.39, 0.29) is 5.41 Å². The molecule has 1 rings (SSSR count). The lowest BCUT2D eigenvalue weighted by Gasteiger charge is -2.22. The van der Waals surface area contributed by atoms with Crippen LogP contribution >= 0.6 is 0 Å². The summed E-state index contributed by atoms with van der Waals surface area (Å²) in [4.78, 5) is 8.81. The molecular formula is C13H24N4O. The molecule has 4 N–H and O–H groups in total. The Morgan fingerprint density at radius 2 is 1.72 bits per heavy atom. The Morgan fingerprint density at radius 3 is 2.17 bits per heavy atom. The third kappa shape index (κ3) is 3.84. The predicted molar refractivity (Wildman–Crippen MR) is 74.7 cm³/mol. The van der Waals surface area contributed by atoms with Crippen molar-refractivity contribution < 1.29 is 5.11 Å². The van der Waals surface area contributed by atoms with Crippen LogP contribution in [0.2, 0.25) is 0 Å². The van der Waals surface area contributed by atoms with Crippen LogP contribution in [0.1, 0.15) is 46.0 Å². The fourth-order valence-corrected chi connectivity index (χ4v) is 1.34. The summed E-state index contributed by atoms with van der Waals surface area (Å²) in [5.74, 6) is 1.87. The Labute approximate surface area is 109 Å². The van der Waals surface area contributed by atoms with Crippen molar-refractivity contribution in [1.29, 1.82) is 0 Å². The molecule has 0 aliphatic heterocycles. The van der Waals surface area contributed by atoms with Gasteiger partial charge in [-0.05, 0) is 20.8 Å². The zero-order valence-corrected chi connectivity index (χ0v) is 12.1. The van der Waals surface area contributed by atoms with Gasteiger partial charge < -0.3 is 16.2 Å². The number of rotatable bonds is 3. The number of anilines is 2. The number of nitrogens with two attached hydrogens (primary N) is 1. The summed E-state index contributed by atoms with van der Waals surface area (Å²) in [6, 6.07) is 0. The maximum Gasteiger partial charge on any atom is 0.138 e. The minimum absolute atomic E-state index is 0.160. The number of aliphatic hydroxyl groups is 1. The van der Waals surface area contributed by atoms with Gasteiger partial charge in [0.2, 0.25) is 0 Å². The maximum absolute atomic E-state index is 9.73. The number of nitrogens with one attached hydrogen (secondary N) is 1. The third-order valence-electron chi connectivity index (χ3n) is 2.54. The van der Waals surface area contributed by atoms with E-state index in [1.807, 2.05) is 27.7 Å². The van der Waals surface area contributed by atoms with Gasteiger partial charge in [0.15, 0.2) is 0 Å². The van der Waals surface area contributed by atoms with E-state index in [4.69, 9.17) is 5.73 Å². The van der Waals surface area contributed by atoms with Gasteiger partial charge in [0.25, 0.3) is 0 Å². The van der Waals surface area contributed by atoms with E-state index in [1.165, 1.54) is 0 Å². The first-order chi connectivity index (χ1) is 8.00. The second-order valence-corrected chi connectivity index (χ2v) is 6.32. The van der Waals surface area contributed by atoms with E-state index in [1.54, 1.807) is 13.8 Å². The smallest absolute Gasteiger partial charge is 0.138 e. The van der Waals surface area contributed by atoms with Gasteiger partial charge in [-0.25, -0.2) is 9.97 Å². The summed E-state index contributed by atoms with van der Waals surface area (Å²) in [5, 5.41) is 12.9. The second kappa shape index (κ2) is 4.72. The first kappa shape index (κ1) is 14.7. The van der Waals surface area contributed by atoms with Crippen molar-refractivity contribution in [2.24, 2.45) is 0 Å². The van der Waals surface area contributed by atoms with Gasteiger partial charge in [-0.1, -0.05) is 20.8 Å². The fourth-order valence-electron chi connectivity index (χ4n) is 1.34. The second-order valence-electron chi connectivity index (χ2n) is 6.32. The highest BCUT2D eigenvalue weighted by Gasteiger charge is 2.21. The molecule has 18 heavy (non-hydrogen) atoms. The van der Waals surface area contributed by atoms with Gasteiger partial charge in [-0.3, -0.25) is 0 Å². The van der Waals surface area contributed by atoms with Gasteiger partial charge in [0.1, 0.15) is 17.5 Å². The van der Waals surface area contributed by atoms with E-state index >= 15 is 0 Å². The highest BCUT2D eigenvalue weighted by molar-refractivity contribution is 5.55. The van der Waals surface area contributed by atoms with E-state index in [9.17, 15) is 5.11 Å². The molecular weight excluding hydrogens is 228 g/mol. The van der Waals surface area contributed by atoms with Gasteiger partial charge in [-0.2, -0.15) is 0 Å². The molecule has 0 amide bonds. The highest BCUT2D eigenvalue weighted by Crippen LogP contribution is 2.24. The van der Waals surface area contributed by atoms with Crippen LogP contribution in [0.25, 0.3) is 0 Å². The molecule has 1 aromatic heterocycles. The average Bonchev–Trinajstić information content (AvgIpc) is 2.17. The maximum atomic E-state index is 9.73. The summed E-state index contributed by atoms with van der Waals surface area (Å²) in [6.07, 6.45) is 0. The van der Waals surface area contributed by atoms with Crippen molar-refractivity contribution in [2.45, 2.75) is 52.6 Å². The van der Waals surface area contributed by atoms with Gasteiger partial charge in [0, 0.05) is 17.5 Å². The van der Waals surface area contributed by atoms with E-state index in [0.29, 0.717) is 24.0 Å². The van der Waals surface area contributed by atoms with Gasteiger partial charge in [-0.15, -0.1) is 0 Å². The highest BCUT2D eigenvalue weighted by atomic mass is 16.3. The Balaban J connectivity index is 3.07. The molecule has 0 aliphatic carbocycles. The van der Waals surface area contributed by atoms with Crippen LogP contribution < -0.4 is 11.1 Å². The lowest BCUT2D eigenvalue weighted by Crippen LogP contribution is -2.30. The minimum atomic E-state index is -0.798. The minimum Gasteiger partial charge on any atom is -0.389 e. The van der Waals surface area contributed by atoms with E-state index < -0.39 is 5.60 Å². The number of hydrogen-bond donors (Lipinski definition) is 3. The molecule has 0 unspecified atom stereocenters. The summed E-state index contributed by atoms with van der Waals surface area (Å²) < 4.78 is 0. The van der Waals surface area contributed by atoms with Crippen molar-refractivity contribution in [3.8, 4) is 0 Å². The van der Waals surface area contributed by atoms with Crippen LogP contribution in [-0.2, 0) is 5.41 Å². The molecule has 0 fully saturated rings. The van der Waals surface area contributed by atoms with Crippen molar-refractivity contribution in [2.75, 3.05) is 17.6 Å². The molecule has 0 atom stereocenters. The molecule has 1 heterocycles. The molecule has 0 saturated carbocycles. The molecule has 102 valence electrons. The van der Waals surface area contributed by atoms with Crippen molar-refractivity contribution >= 4 is 11.6 Å². The third-order valence-corrected chi connectivity index (χ3v) is 2.54. The molecule has 0 bridgehead atoms. The van der Waals surface area contributed by atoms with Crippen molar-refractivity contribution in [3.05, 3.63) is 11.4 Å². The first-order valence-electron chi connectivity index (χ1n) is 6.11. The monoisotopic (exact) mass is 252 g/mol. The zero-order valence-electron chi connectivity index (χ0n) is 12.1. The summed E-state index contributed by atoms with van der Waals surface area (Å²) >= 11 is 0.